The summed E-state index contributed by atoms with van der Waals surface area (Å²) < 4.78 is 0. The first-order valence-electron chi connectivity index (χ1n) is 5.97. The van der Waals surface area contributed by atoms with Crippen LogP contribution in [0.25, 0.3) is 10.9 Å². The number of amides is 1. The van der Waals surface area contributed by atoms with E-state index in [1.54, 1.807) is 24.3 Å². The van der Waals surface area contributed by atoms with E-state index in [0.717, 1.165) is 10.9 Å². The Kier molecular flexibility index (Phi) is 3.38. The van der Waals surface area contributed by atoms with E-state index in [-0.39, 0.29) is 5.91 Å². The van der Waals surface area contributed by atoms with Gasteiger partial charge in [-0.3, -0.25) is 4.79 Å². The van der Waals surface area contributed by atoms with Crippen molar-refractivity contribution in [3.05, 3.63) is 64.3 Å². The van der Waals surface area contributed by atoms with E-state index >= 15 is 0 Å². The van der Waals surface area contributed by atoms with E-state index in [9.17, 15) is 4.79 Å². The highest BCUT2D eigenvalue weighted by molar-refractivity contribution is 6.35. The largest absolute Gasteiger partial charge is 0.351 e. The Morgan fingerprint density at radius 1 is 1.00 bits per heavy atom. The summed E-state index contributed by atoms with van der Waals surface area (Å²) >= 11 is 11.8. The number of carbonyl (C=O) groups is 1. The van der Waals surface area contributed by atoms with E-state index in [1.165, 1.54) is 0 Å². The summed E-state index contributed by atoms with van der Waals surface area (Å²) in [4.78, 5) is 15.2. The molecular formula is C15H10Cl2N2O. The third-order valence-corrected chi connectivity index (χ3v) is 3.33. The smallest absolute Gasteiger partial charge is 0.272 e. The number of carbonyl (C=O) groups excluding carboxylic acids is 1. The van der Waals surface area contributed by atoms with Gasteiger partial charge in [-0.15, -0.1) is 0 Å². The molecule has 0 aliphatic rings. The summed E-state index contributed by atoms with van der Waals surface area (Å²) in [5, 5.41) is 4.70. The van der Waals surface area contributed by atoms with Crippen LogP contribution in [0.2, 0.25) is 10.0 Å². The monoisotopic (exact) mass is 304 g/mol. The van der Waals surface area contributed by atoms with Crippen LogP contribution in [-0.2, 0) is 0 Å². The third kappa shape index (κ3) is 2.64. The van der Waals surface area contributed by atoms with Gasteiger partial charge in [0.15, 0.2) is 0 Å². The van der Waals surface area contributed by atoms with Gasteiger partial charge in [-0.05, 0) is 30.3 Å². The molecule has 3 aromatic rings. The molecule has 0 bridgehead atoms. The Bertz CT molecular complexity index is 742. The minimum absolute atomic E-state index is 0.237. The van der Waals surface area contributed by atoms with E-state index in [1.807, 2.05) is 24.3 Å². The molecule has 1 heterocycles. The van der Waals surface area contributed by atoms with Gasteiger partial charge in [0.2, 0.25) is 0 Å². The number of para-hydroxylation sites is 1. The fourth-order valence-corrected chi connectivity index (χ4v) is 2.55. The molecule has 0 aliphatic carbocycles. The maximum absolute atomic E-state index is 12.2. The summed E-state index contributed by atoms with van der Waals surface area (Å²) in [5.74, 6) is -0.237. The van der Waals surface area contributed by atoms with E-state index < -0.39 is 0 Å². The first-order chi connectivity index (χ1) is 9.61. The minimum atomic E-state index is -0.237. The molecule has 0 unspecified atom stereocenters. The van der Waals surface area contributed by atoms with Crippen LogP contribution in [0.3, 0.4) is 0 Å². The Morgan fingerprint density at radius 3 is 2.40 bits per heavy atom. The molecule has 3 rings (SSSR count). The number of fused-ring (bicyclic) bond motifs is 1. The Hall–Kier alpha value is -1.97. The van der Waals surface area contributed by atoms with Crippen LogP contribution in [-0.4, -0.2) is 10.9 Å². The molecule has 5 heteroatoms. The second-order valence-electron chi connectivity index (χ2n) is 4.38. The van der Waals surface area contributed by atoms with Crippen molar-refractivity contribution in [2.75, 3.05) is 5.32 Å². The zero-order valence-corrected chi connectivity index (χ0v) is 11.8. The van der Waals surface area contributed by atoms with Crippen LogP contribution in [0.5, 0.6) is 0 Å². The lowest BCUT2D eigenvalue weighted by Gasteiger charge is -2.04. The van der Waals surface area contributed by atoms with Gasteiger partial charge in [-0.1, -0.05) is 41.4 Å². The minimum Gasteiger partial charge on any atom is -0.351 e. The van der Waals surface area contributed by atoms with Crippen LogP contribution < -0.4 is 5.32 Å². The van der Waals surface area contributed by atoms with Gasteiger partial charge in [0.25, 0.3) is 5.91 Å². The Morgan fingerprint density at radius 2 is 1.70 bits per heavy atom. The SMILES string of the molecule is O=C(Nc1cc(Cl)cc(Cl)c1)c1cc2ccccc2[nH]1. The lowest BCUT2D eigenvalue weighted by molar-refractivity contribution is 0.102. The number of hydrogen-bond acceptors (Lipinski definition) is 1. The summed E-state index contributed by atoms with van der Waals surface area (Å²) in [6, 6.07) is 14.4. The Balaban J connectivity index is 1.88. The van der Waals surface area contributed by atoms with Crippen molar-refractivity contribution in [1.29, 1.82) is 0 Å². The molecule has 0 radical (unpaired) electrons. The van der Waals surface area contributed by atoms with Gasteiger partial charge in [0.1, 0.15) is 5.69 Å². The Labute approximate surface area is 125 Å². The average Bonchev–Trinajstić information content (AvgIpc) is 2.81. The fourth-order valence-electron chi connectivity index (χ4n) is 2.02. The summed E-state index contributed by atoms with van der Waals surface area (Å²) in [6.45, 7) is 0. The molecule has 0 fully saturated rings. The van der Waals surface area contributed by atoms with Crippen molar-refractivity contribution in [2.24, 2.45) is 0 Å². The van der Waals surface area contributed by atoms with Crippen LogP contribution in [0.15, 0.2) is 48.5 Å². The van der Waals surface area contributed by atoms with Crippen LogP contribution in [0.1, 0.15) is 10.5 Å². The molecule has 1 aromatic heterocycles. The van der Waals surface area contributed by atoms with Crippen LogP contribution in [0.4, 0.5) is 5.69 Å². The molecule has 0 atom stereocenters. The van der Waals surface area contributed by atoms with Crippen LogP contribution in [0, 0.1) is 0 Å². The zero-order valence-electron chi connectivity index (χ0n) is 10.3. The summed E-state index contributed by atoms with van der Waals surface area (Å²) in [6.07, 6.45) is 0. The van der Waals surface area contributed by atoms with Gasteiger partial charge in [-0.25, -0.2) is 0 Å². The molecule has 0 spiro atoms. The molecule has 0 saturated carbocycles. The lowest BCUT2D eigenvalue weighted by atomic mass is 10.2. The highest BCUT2D eigenvalue weighted by atomic mass is 35.5. The molecule has 2 aromatic carbocycles. The van der Waals surface area contributed by atoms with Gasteiger partial charge in [-0.2, -0.15) is 0 Å². The maximum atomic E-state index is 12.2. The quantitative estimate of drug-likeness (QED) is 0.706. The molecular weight excluding hydrogens is 295 g/mol. The van der Waals surface area contributed by atoms with Crippen molar-refractivity contribution in [2.45, 2.75) is 0 Å². The lowest BCUT2D eigenvalue weighted by Crippen LogP contribution is -2.12. The van der Waals surface area contributed by atoms with E-state index in [2.05, 4.69) is 10.3 Å². The molecule has 2 N–H and O–H groups in total. The fraction of sp³-hybridized carbons (Fsp3) is 0. The zero-order chi connectivity index (χ0) is 14.1. The summed E-state index contributed by atoms with van der Waals surface area (Å²) in [5.41, 5.74) is 1.97. The number of nitrogens with one attached hydrogen (secondary N) is 2. The van der Waals surface area contributed by atoms with Crippen molar-refractivity contribution in [3.63, 3.8) is 0 Å². The number of hydrogen-bond donors (Lipinski definition) is 2. The summed E-state index contributed by atoms with van der Waals surface area (Å²) in [7, 11) is 0. The third-order valence-electron chi connectivity index (χ3n) is 2.90. The van der Waals surface area contributed by atoms with Crippen molar-refractivity contribution in [1.82, 2.24) is 4.98 Å². The second kappa shape index (κ2) is 5.19. The van der Waals surface area contributed by atoms with E-state index in [4.69, 9.17) is 23.2 Å². The molecule has 1 amide bonds. The first kappa shape index (κ1) is 13.0. The number of aromatic nitrogens is 1. The number of benzene rings is 2. The number of H-pyrrole nitrogens is 1. The van der Waals surface area contributed by atoms with Crippen LogP contribution >= 0.6 is 23.2 Å². The second-order valence-corrected chi connectivity index (χ2v) is 5.26. The van der Waals surface area contributed by atoms with Crippen molar-refractivity contribution in [3.8, 4) is 0 Å². The van der Waals surface area contributed by atoms with Crippen molar-refractivity contribution < 1.29 is 4.79 Å². The van der Waals surface area contributed by atoms with Gasteiger partial charge < -0.3 is 10.3 Å². The average molecular weight is 305 g/mol. The molecule has 3 nitrogen and oxygen atoms in total. The van der Waals surface area contributed by atoms with Crippen molar-refractivity contribution >= 4 is 45.7 Å². The molecule has 20 heavy (non-hydrogen) atoms. The molecule has 0 saturated heterocycles. The predicted molar refractivity (Wildman–Crippen MR) is 82.7 cm³/mol. The molecule has 100 valence electrons. The van der Waals surface area contributed by atoms with Gasteiger partial charge in [0.05, 0.1) is 0 Å². The molecule has 0 aliphatic heterocycles. The number of aromatic amines is 1. The predicted octanol–water partition coefficient (Wildman–Crippen LogP) is 4.73. The van der Waals surface area contributed by atoms with Gasteiger partial charge in [0, 0.05) is 26.6 Å². The van der Waals surface area contributed by atoms with Gasteiger partial charge >= 0.3 is 0 Å². The standard InChI is InChI=1S/C15H10Cl2N2O/c16-10-6-11(17)8-12(7-10)18-15(20)14-5-9-3-1-2-4-13(9)19-14/h1-8,19H,(H,18,20). The first-order valence-corrected chi connectivity index (χ1v) is 6.72. The highest BCUT2D eigenvalue weighted by Crippen LogP contribution is 2.23. The maximum Gasteiger partial charge on any atom is 0.272 e. The highest BCUT2D eigenvalue weighted by Gasteiger charge is 2.10. The topological polar surface area (TPSA) is 44.9 Å². The number of rotatable bonds is 2. The number of anilines is 1. The number of halogens is 2. The van der Waals surface area contributed by atoms with E-state index in [0.29, 0.717) is 21.4 Å². The normalized spacial score (nSPS) is 10.7.